The second-order valence-corrected chi connectivity index (χ2v) is 6.72. The summed E-state index contributed by atoms with van der Waals surface area (Å²) < 4.78 is 11.3. The van der Waals surface area contributed by atoms with Crippen LogP contribution in [-0.2, 0) is 17.8 Å². The van der Waals surface area contributed by atoms with Gasteiger partial charge in [-0.3, -0.25) is 4.79 Å². The molecule has 0 unspecified atom stereocenters. The quantitative estimate of drug-likeness (QED) is 0.671. The lowest BCUT2D eigenvalue weighted by molar-refractivity contribution is -0.136. The van der Waals surface area contributed by atoms with E-state index in [0.29, 0.717) is 23.8 Å². The smallest absolute Gasteiger partial charge is 0.309 e. The van der Waals surface area contributed by atoms with Crippen molar-refractivity contribution < 1.29 is 19.4 Å². The largest absolute Gasteiger partial charge is 0.493 e. The summed E-state index contributed by atoms with van der Waals surface area (Å²) in [5.74, 6) is 0.379. The van der Waals surface area contributed by atoms with Crippen molar-refractivity contribution in [1.82, 2.24) is 4.98 Å². The van der Waals surface area contributed by atoms with Gasteiger partial charge in [0.1, 0.15) is 11.6 Å². The van der Waals surface area contributed by atoms with Crippen LogP contribution in [0.5, 0.6) is 11.5 Å². The number of benzene rings is 2. The van der Waals surface area contributed by atoms with Crippen molar-refractivity contribution in [2.45, 2.75) is 20.0 Å². The fraction of sp³-hybridized carbons (Fsp3) is 0.200. The fourth-order valence-electron chi connectivity index (χ4n) is 2.56. The molecule has 26 heavy (non-hydrogen) atoms. The minimum absolute atomic E-state index is 0.0800. The molecule has 1 N–H and O–H groups in total. The maximum absolute atomic E-state index is 10.8. The first-order valence-corrected chi connectivity index (χ1v) is 8.96. The van der Waals surface area contributed by atoms with E-state index < -0.39 is 5.97 Å². The number of aliphatic carboxylic acids is 1. The third kappa shape index (κ3) is 4.40. The Morgan fingerprint density at radius 3 is 2.77 bits per heavy atom. The molecule has 2 aromatic carbocycles. The van der Waals surface area contributed by atoms with Crippen molar-refractivity contribution in [1.29, 1.82) is 0 Å². The molecule has 0 spiro atoms. The number of aromatic nitrogens is 1. The number of nitrogens with zero attached hydrogens (tertiary/aromatic N) is 1. The lowest BCUT2D eigenvalue weighted by atomic mass is 10.1. The molecule has 1 heterocycles. The van der Waals surface area contributed by atoms with Crippen LogP contribution >= 0.6 is 11.3 Å². The van der Waals surface area contributed by atoms with Crippen molar-refractivity contribution >= 4 is 17.3 Å². The second kappa shape index (κ2) is 8.01. The van der Waals surface area contributed by atoms with Crippen LogP contribution in [0.15, 0.2) is 47.8 Å². The summed E-state index contributed by atoms with van der Waals surface area (Å²) in [6.07, 6.45) is -0.0800. The lowest BCUT2D eigenvalue weighted by Gasteiger charge is -2.12. The molecule has 0 amide bonds. The number of aryl methyl sites for hydroxylation is 1. The number of carboxylic acids is 1. The average molecular weight is 369 g/mol. The zero-order chi connectivity index (χ0) is 18.5. The summed E-state index contributed by atoms with van der Waals surface area (Å²) in [7, 11) is 1.60. The first-order valence-electron chi connectivity index (χ1n) is 8.08. The van der Waals surface area contributed by atoms with Crippen LogP contribution < -0.4 is 9.47 Å². The third-order valence-electron chi connectivity index (χ3n) is 3.77. The number of thiazole rings is 1. The number of carbonyl (C=O) groups is 1. The first kappa shape index (κ1) is 17.9. The molecule has 0 atom stereocenters. The summed E-state index contributed by atoms with van der Waals surface area (Å²) in [5.41, 5.74) is 3.68. The highest BCUT2D eigenvalue weighted by Gasteiger charge is 2.12. The Labute approximate surface area is 155 Å². The van der Waals surface area contributed by atoms with Crippen molar-refractivity contribution in [2.24, 2.45) is 0 Å². The summed E-state index contributed by atoms with van der Waals surface area (Å²) in [5, 5.41) is 11.4. The van der Waals surface area contributed by atoms with E-state index in [2.05, 4.69) is 11.1 Å². The highest BCUT2D eigenvalue weighted by molar-refractivity contribution is 7.13. The molecule has 0 radical (unpaired) electrons. The molecule has 5 nitrogen and oxygen atoms in total. The van der Waals surface area contributed by atoms with E-state index in [4.69, 9.17) is 14.6 Å². The van der Waals surface area contributed by atoms with E-state index in [1.54, 1.807) is 12.5 Å². The Morgan fingerprint density at radius 2 is 2.04 bits per heavy atom. The van der Waals surface area contributed by atoms with Gasteiger partial charge in [0.2, 0.25) is 0 Å². The minimum Gasteiger partial charge on any atom is -0.493 e. The van der Waals surface area contributed by atoms with Crippen LogP contribution in [0.1, 0.15) is 16.8 Å². The maximum Gasteiger partial charge on any atom is 0.309 e. The summed E-state index contributed by atoms with van der Waals surface area (Å²) in [4.78, 5) is 15.2. The van der Waals surface area contributed by atoms with Gasteiger partial charge in [-0.15, -0.1) is 11.3 Å². The Morgan fingerprint density at radius 1 is 1.19 bits per heavy atom. The molecule has 0 saturated heterocycles. The topological polar surface area (TPSA) is 68.7 Å². The molecule has 0 saturated carbocycles. The maximum atomic E-state index is 10.8. The van der Waals surface area contributed by atoms with E-state index in [-0.39, 0.29) is 6.42 Å². The molecular weight excluding hydrogens is 350 g/mol. The molecule has 3 rings (SSSR count). The molecule has 6 heteroatoms. The van der Waals surface area contributed by atoms with E-state index in [1.165, 1.54) is 16.9 Å². The molecule has 0 bridgehead atoms. The van der Waals surface area contributed by atoms with Gasteiger partial charge in [0.25, 0.3) is 0 Å². The summed E-state index contributed by atoms with van der Waals surface area (Å²) in [6.45, 7) is 2.48. The predicted molar refractivity (Wildman–Crippen MR) is 101 cm³/mol. The highest BCUT2D eigenvalue weighted by Crippen LogP contribution is 2.34. The summed E-state index contributed by atoms with van der Waals surface area (Å²) in [6, 6.07) is 13.7. The zero-order valence-corrected chi connectivity index (χ0v) is 15.4. The van der Waals surface area contributed by atoms with Gasteiger partial charge in [0.15, 0.2) is 11.5 Å². The van der Waals surface area contributed by atoms with Crippen LogP contribution in [0, 0.1) is 6.92 Å². The summed E-state index contributed by atoms with van der Waals surface area (Å²) >= 11 is 1.41. The van der Waals surface area contributed by atoms with Gasteiger partial charge in [-0.25, -0.2) is 4.98 Å². The molecule has 0 aliphatic carbocycles. The van der Waals surface area contributed by atoms with Gasteiger partial charge in [0, 0.05) is 10.9 Å². The van der Waals surface area contributed by atoms with Crippen LogP contribution in [0.3, 0.4) is 0 Å². The van der Waals surface area contributed by atoms with Gasteiger partial charge in [-0.05, 0) is 30.7 Å². The number of hydrogen-bond donors (Lipinski definition) is 1. The highest BCUT2D eigenvalue weighted by atomic mass is 32.1. The van der Waals surface area contributed by atoms with Gasteiger partial charge in [-0.1, -0.05) is 29.8 Å². The van der Waals surface area contributed by atoms with E-state index in [0.717, 1.165) is 16.1 Å². The molecular formula is C20H19NO4S. The van der Waals surface area contributed by atoms with Crippen LogP contribution in [0.25, 0.3) is 10.6 Å². The monoisotopic (exact) mass is 369 g/mol. The number of hydrogen-bond acceptors (Lipinski definition) is 5. The van der Waals surface area contributed by atoms with Gasteiger partial charge in [0.05, 0.1) is 19.2 Å². The zero-order valence-electron chi connectivity index (χ0n) is 14.6. The third-order valence-corrected chi connectivity index (χ3v) is 4.71. The normalized spacial score (nSPS) is 10.5. The first-order chi connectivity index (χ1) is 12.5. The van der Waals surface area contributed by atoms with Crippen molar-refractivity contribution in [2.75, 3.05) is 7.11 Å². The van der Waals surface area contributed by atoms with E-state index >= 15 is 0 Å². The molecule has 134 valence electrons. The molecule has 0 fully saturated rings. The SMILES string of the molecule is COc1ccc(-c2nc(CC(=O)O)cs2)cc1OCc1cccc(C)c1. The van der Waals surface area contributed by atoms with E-state index in [1.807, 2.05) is 43.3 Å². The van der Waals surface area contributed by atoms with Crippen LogP contribution in [0.2, 0.25) is 0 Å². The van der Waals surface area contributed by atoms with Gasteiger partial charge >= 0.3 is 5.97 Å². The average Bonchev–Trinajstić information content (AvgIpc) is 3.07. The Balaban J connectivity index is 1.82. The van der Waals surface area contributed by atoms with Crippen LogP contribution in [0.4, 0.5) is 0 Å². The standard InChI is InChI=1S/C20H19NO4S/c1-13-4-3-5-14(8-13)11-25-18-9-15(6-7-17(18)24-2)20-21-16(12-26-20)10-19(22)23/h3-9,12H,10-11H2,1-2H3,(H,22,23). The fourth-order valence-corrected chi connectivity index (χ4v) is 3.38. The van der Waals surface area contributed by atoms with Crippen molar-refractivity contribution in [3.05, 3.63) is 64.7 Å². The van der Waals surface area contributed by atoms with Crippen LogP contribution in [-0.4, -0.2) is 23.2 Å². The minimum atomic E-state index is -0.890. The Kier molecular flexibility index (Phi) is 5.53. The Bertz CT molecular complexity index is 920. The van der Waals surface area contributed by atoms with E-state index in [9.17, 15) is 4.79 Å². The molecule has 3 aromatic rings. The molecule has 1 aromatic heterocycles. The van der Waals surface area contributed by atoms with Crippen molar-refractivity contribution in [3.8, 4) is 22.1 Å². The predicted octanol–water partition coefficient (Wildman–Crippen LogP) is 4.33. The van der Waals surface area contributed by atoms with Gasteiger partial charge in [-0.2, -0.15) is 0 Å². The second-order valence-electron chi connectivity index (χ2n) is 5.86. The molecule has 0 aliphatic heterocycles. The Hall–Kier alpha value is -2.86. The number of methoxy groups -OCH3 is 1. The number of carboxylic acid groups (broad SMARTS) is 1. The lowest BCUT2D eigenvalue weighted by Crippen LogP contribution is -2.00. The van der Waals surface area contributed by atoms with Crippen molar-refractivity contribution in [3.63, 3.8) is 0 Å². The number of rotatable bonds is 7. The number of ether oxygens (including phenoxy) is 2. The van der Waals surface area contributed by atoms with Gasteiger partial charge < -0.3 is 14.6 Å². The molecule has 0 aliphatic rings.